The van der Waals surface area contributed by atoms with E-state index in [1.807, 2.05) is 38.1 Å². The van der Waals surface area contributed by atoms with Crippen LogP contribution in [0.15, 0.2) is 24.3 Å². The van der Waals surface area contributed by atoms with E-state index in [1.54, 1.807) is 12.0 Å². The summed E-state index contributed by atoms with van der Waals surface area (Å²) in [6.45, 7) is 5.70. The molecular formula is C18H26N2O4S. The first-order valence-electron chi connectivity index (χ1n) is 8.68. The SMILES string of the molecule is COc1ccc(CN2CCN(C(=O)C(C)C)C3CS(=O)(=O)CC32)cc1. The van der Waals surface area contributed by atoms with Crippen molar-refractivity contribution in [2.45, 2.75) is 32.5 Å². The lowest BCUT2D eigenvalue weighted by molar-refractivity contribution is -0.140. The van der Waals surface area contributed by atoms with Crippen LogP contribution in [0.1, 0.15) is 19.4 Å². The second-order valence-electron chi connectivity index (χ2n) is 7.22. The molecule has 25 heavy (non-hydrogen) atoms. The van der Waals surface area contributed by atoms with Crippen molar-refractivity contribution in [2.75, 3.05) is 31.7 Å². The van der Waals surface area contributed by atoms with Gasteiger partial charge in [0.15, 0.2) is 9.84 Å². The highest BCUT2D eigenvalue weighted by Gasteiger charge is 2.48. The summed E-state index contributed by atoms with van der Waals surface area (Å²) in [6.07, 6.45) is 0. The molecule has 1 amide bonds. The summed E-state index contributed by atoms with van der Waals surface area (Å²) >= 11 is 0. The Balaban J connectivity index is 1.79. The van der Waals surface area contributed by atoms with Crippen molar-refractivity contribution in [2.24, 2.45) is 5.92 Å². The number of hydrogen-bond acceptors (Lipinski definition) is 5. The number of hydrogen-bond donors (Lipinski definition) is 0. The van der Waals surface area contributed by atoms with Gasteiger partial charge in [-0.2, -0.15) is 0 Å². The van der Waals surface area contributed by atoms with Crippen molar-refractivity contribution in [3.05, 3.63) is 29.8 Å². The van der Waals surface area contributed by atoms with Crippen LogP contribution in [0.25, 0.3) is 0 Å². The monoisotopic (exact) mass is 366 g/mol. The van der Waals surface area contributed by atoms with E-state index in [0.29, 0.717) is 19.6 Å². The molecule has 138 valence electrons. The predicted molar refractivity (Wildman–Crippen MR) is 96.2 cm³/mol. The minimum Gasteiger partial charge on any atom is -0.497 e. The maximum atomic E-state index is 12.5. The lowest BCUT2D eigenvalue weighted by Crippen LogP contribution is -2.60. The van der Waals surface area contributed by atoms with Gasteiger partial charge in [0.05, 0.1) is 24.7 Å². The van der Waals surface area contributed by atoms with Crippen molar-refractivity contribution in [1.29, 1.82) is 0 Å². The highest BCUT2D eigenvalue weighted by atomic mass is 32.2. The van der Waals surface area contributed by atoms with Crippen LogP contribution >= 0.6 is 0 Å². The van der Waals surface area contributed by atoms with E-state index < -0.39 is 9.84 Å². The fourth-order valence-corrected chi connectivity index (χ4v) is 5.80. The Hall–Kier alpha value is -1.60. The summed E-state index contributed by atoms with van der Waals surface area (Å²) in [5.74, 6) is 0.955. The fraction of sp³-hybridized carbons (Fsp3) is 0.611. The van der Waals surface area contributed by atoms with Crippen molar-refractivity contribution in [3.63, 3.8) is 0 Å². The predicted octanol–water partition coefficient (Wildman–Crippen LogP) is 1.16. The molecule has 2 aliphatic heterocycles. The van der Waals surface area contributed by atoms with Gasteiger partial charge >= 0.3 is 0 Å². The summed E-state index contributed by atoms with van der Waals surface area (Å²) in [5.41, 5.74) is 1.12. The second-order valence-corrected chi connectivity index (χ2v) is 9.37. The van der Waals surface area contributed by atoms with Crippen LogP contribution in [0.4, 0.5) is 0 Å². The Morgan fingerprint density at radius 3 is 2.40 bits per heavy atom. The molecule has 2 fully saturated rings. The van der Waals surface area contributed by atoms with Crippen LogP contribution in [-0.2, 0) is 21.2 Å². The molecule has 0 saturated carbocycles. The van der Waals surface area contributed by atoms with Crippen molar-refractivity contribution >= 4 is 15.7 Å². The molecule has 0 aromatic heterocycles. The van der Waals surface area contributed by atoms with Gasteiger partial charge in [0.25, 0.3) is 0 Å². The van der Waals surface area contributed by atoms with E-state index in [-0.39, 0.29) is 35.4 Å². The van der Waals surface area contributed by atoms with Gasteiger partial charge < -0.3 is 9.64 Å². The third-order valence-electron chi connectivity index (χ3n) is 5.11. The Morgan fingerprint density at radius 1 is 1.16 bits per heavy atom. The van der Waals surface area contributed by atoms with E-state index in [1.165, 1.54) is 0 Å². The van der Waals surface area contributed by atoms with Crippen molar-refractivity contribution in [3.8, 4) is 5.75 Å². The second kappa shape index (κ2) is 6.96. The number of amides is 1. The van der Waals surface area contributed by atoms with Gasteiger partial charge in [-0.3, -0.25) is 9.69 Å². The van der Waals surface area contributed by atoms with Crippen LogP contribution in [0, 0.1) is 5.92 Å². The fourth-order valence-electron chi connectivity index (χ4n) is 3.79. The molecular weight excluding hydrogens is 340 g/mol. The molecule has 0 aliphatic carbocycles. The Morgan fingerprint density at radius 2 is 1.80 bits per heavy atom. The summed E-state index contributed by atoms with van der Waals surface area (Å²) < 4.78 is 29.7. The van der Waals surface area contributed by atoms with Gasteiger partial charge in [0.2, 0.25) is 5.91 Å². The molecule has 2 heterocycles. The molecule has 0 radical (unpaired) electrons. The standard InChI is InChI=1S/C18H26N2O4S/c1-13(2)18(21)20-9-8-19(16-11-25(22,23)12-17(16)20)10-14-4-6-15(24-3)7-5-14/h4-7,13,16-17H,8-12H2,1-3H3. The molecule has 6 nitrogen and oxygen atoms in total. The Bertz CT molecular complexity index is 730. The van der Waals surface area contributed by atoms with E-state index in [2.05, 4.69) is 4.90 Å². The zero-order valence-corrected chi connectivity index (χ0v) is 15.8. The van der Waals surface area contributed by atoms with Gasteiger partial charge in [-0.05, 0) is 17.7 Å². The molecule has 2 atom stereocenters. The highest BCUT2D eigenvalue weighted by molar-refractivity contribution is 7.91. The van der Waals surface area contributed by atoms with Gasteiger partial charge in [0, 0.05) is 31.6 Å². The average molecular weight is 366 g/mol. The largest absolute Gasteiger partial charge is 0.497 e. The normalized spacial score (nSPS) is 25.8. The Kier molecular flexibility index (Phi) is 5.06. The van der Waals surface area contributed by atoms with Crippen molar-refractivity contribution < 1.29 is 17.9 Å². The summed E-state index contributed by atoms with van der Waals surface area (Å²) in [4.78, 5) is 16.5. The number of fused-ring (bicyclic) bond motifs is 1. The molecule has 3 rings (SSSR count). The van der Waals surface area contributed by atoms with Crippen LogP contribution in [0.2, 0.25) is 0 Å². The number of rotatable bonds is 4. The Labute approximate surface area is 149 Å². The van der Waals surface area contributed by atoms with E-state index >= 15 is 0 Å². The average Bonchev–Trinajstić information content (AvgIpc) is 2.90. The lowest BCUT2D eigenvalue weighted by Gasteiger charge is -2.44. The quantitative estimate of drug-likeness (QED) is 0.800. The van der Waals surface area contributed by atoms with Gasteiger partial charge in [-0.1, -0.05) is 26.0 Å². The number of carbonyl (C=O) groups excluding carboxylic acids is 1. The topological polar surface area (TPSA) is 66.9 Å². The first-order valence-corrected chi connectivity index (χ1v) is 10.5. The molecule has 2 aliphatic rings. The summed E-state index contributed by atoms with van der Waals surface area (Å²) in [7, 11) is -1.48. The van der Waals surface area contributed by atoms with Gasteiger partial charge in [-0.25, -0.2) is 8.42 Å². The molecule has 1 aromatic rings. The minimum atomic E-state index is -3.11. The number of methoxy groups -OCH3 is 1. The first-order chi connectivity index (χ1) is 11.8. The summed E-state index contributed by atoms with van der Waals surface area (Å²) in [6, 6.07) is 7.48. The molecule has 2 saturated heterocycles. The zero-order valence-electron chi connectivity index (χ0n) is 15.0. The number of nitrogens with zero attached hydrogens (tertiary/aromatic N) is 2. The number of ether oxygens (including phenoxy) is 1. The molecule has 2 unspecified atom stereocenters. The van der Waals surface area contributed by atoms with Crippen LogP contribution < -0.4 is 4.74 Å². The lowest BCUT2D eigenvalue weighted by atomic mass is 10.0. The van der Waals surface area contributed by atoms with E-state index in [4.69, 9.17) is 4.74 Å². The molecule has 0 spiro atoms. The van der Waals surface area contributed by atoms with Crippen LogP contribution in [0.5, 0.6) is 5.75 Å². The first kappa shape index (κ1) is 18.2. The van der Waals surface area contributed by atoms with Gasteiger partial charge in [0.1, 0.15) is 5.75 Å². The molecule has 7 heteroatoms. The highest BCUT2D eigenvalue weighted by Crippen LogP contribution is 2.29. The van der Waals surface area contributed by atoms with Crippen LogP contribution in [0.3, 0.4) is 0 Å². The van der Waals surface area contributed by atoms with Gasteiger partial charge in [-0.15, -0.1) is 0 Å². The number of carbonyl (C=O) groups is 1. The maximum absolute atomic E-state index is 12.5. The third-order valence-corrected chi connectivity index (χ3v) is 6.81. The smallest absolute Gasteiger partial charge is 0.225 e. The van der Waals surface area contributed by atoms with Crippen LogP contribution in [-0.4, -0.2) is 67.9 Å². The zero-order chi connectivity index (χ0) is 18.2. The number of benzene rings is 1. The molecule has 0 bridgehead atoms. The maximum Gasteiger partial charge on any atom is 0.225 e. The van der Waals surface area contributed by atoms with Crippen molar-refractivity contribution in [1.82, 2.24) is 9.80 Å². The molecule has 1 aromatic carbocycles. The number of piperazine rings is 1. The minimum absolute atomic E-state index is 0.0520. The van der Waals surface area contributed by atoms with E-state index in [0.717, 1.165) is 11.3 Å². The third kappa shape index (κ3) is 3.82. The molecule has 0 N–H and O–H groups in total. The number of sulfone groups is 1. The van der Waals surface area contributed by atoms with E-state index in [9.17, 15) is 13.2 Å². The summed E-state index contributed by atoms with van der Waals surface area (Å²) in [5, 5.41) is 0.